The summed E-state index contributed by atoms with van der Waals surface area (Å²) >= 11 is 4.49. The second kappa shape index (κ2) is 7.53. The van der Waals surface area contributed by atoms with Gasteiger partial charge in [-0.25, -0.2) is 0 Å². The average molecular weight is 234 g/mol. The van der Waals surface area contributed by atoms with Crippen LogP contribution in [0, 0.1) is 5.92 Å². The maximum absolute atomic E-state index is 5.75. The normalized spacial score (nSPS) is 17.8. The lowest BCUT2D eigenvalue weighted by Gasteiger charge is -2.26. The molecular formula is C12H26O2S. The van der Waals surface area contributed by atoms with E-state index in [1.165, 1.54) is 0 Å². The van der Waals surface area contributed by atoms with Crippen LogP contribution in [-0.4, -0.2) is 24.3 Å². The molecular weight excluding hydrogens is 208 g/mol. The lowest BCUT2D eigenvalue weighted by molar-refractivity contribution is -0.0184. The molecule has 0 radical (unpaired) electrons. The Morgan fingerprint density at radius 3 is 2.27 bits per heavy atom. The van der Waals surface area contributed by atoms with Crippen molar-refractivity contribution in [1.82, 2.24) is 0 Å². The molecule has 0 saturated carbocycles. The number of ether oxygens (including phenoxy) is 2. The molecule has 0 bridgehead atoms. The van der Waals surface area contributed by atoms with Gasteiger partial charge in [0.15, 0.2) is 0 Å². The van der Waals surface area contributed by atoms with Crippen LogP contribution in [0.2, 0.25) is 0 Å². The van der Waals surface area contributed by atoms with Crippen molar-refractivity contribution in [3.05, 3.63) is 0 Å². The van der Waals surface area contributed by atoms with Crippen LogP contribution in [0.4, 0.5) is 0 Å². The van der Waals surface area contributed by atoms with Gasteiger partial charge in [0.2, 0.25) is 0 Å². The number of hydrogen-bond donors (Lipinski definition) is 1. The van der Waals surface area contributed by atoms with Crippen LogP contribution in [0.5, 0.6) is 0 Å². The van der Waals surface area contributed by atoms with Crippen molar-refractivity contribution in [1.29, 1.82) is 0 Å². The second-order valence-electron chi connectivity index (χ2n) is 4.72. The summed E-state index contributed by atoms with van der Waals surface area (Å²) in [6, 6.07) is 0. The molecule has 0 saturated heterocycles. The molecule has 0 aliphatic carbocycles. The molecule has 0 N–H and O–H groups in total. The fraction of sp³-hybridized carbons (Fsp3) is 1.00. The number of hydrogen-bond acceptors (Lipinski definition) is 3. The summed E-state index contributed by atoms with van der Waals surface area (Å²) in [4.78, 5) is -0.291. The Morgan fingerprint density at radius 2 is 1.80 bits per heavy atom. The van der Waals surface area contributed by atoms with Gasteiger partial charge in [-0.3, -0.25) is 0 Å². The molecule has 2 unspecified atom stereocenters. The summed E-state index contributed by atoms with van der Waals surface area (Å²) in [5, 5.41) is 0. The molecule has 0 aliphatic heterocycles. The van der Waals surface area contributed by atoms with Crippen molar-refractivity contribution in [2.45, 2.75) is 58.5 Å². The summed E-state index contributed by atoms with van der Waals surface area (Å²) in [6.07, 6.45) is 2.37. The fourth-order valence-corrected chi connectivity index (χ4v) is 1.56. The highest BCUT2D eigenvalue weighted by atomic mass is 32.1. The largest absolute Gasteiger partial charge is 0.378 e. The summed E-state index contributed by atoms with van der Waals surface area (Å²) in [5.74, 6) is 0.427. The molecule has 0 aliphatic rings. The van der Waals surface area contributed by atoms with Crippen LogP contribution in [0.3, 0.4) is 0 Å². The molecule has 0 amide bonds. The predicted molar refractivity (Wildman–Crippen MR) is 68.5 cm³/mol. The minimum Gasteiger partial charge on any atom is -0.378 e. The van der Waals surface area contributed by atoms with Crippen molar-refractivity contribution < 1.29 is 9.47 Å². The first-order valence-corrected chi connectivity index (χ1v) is 6.30. The summed E-state index contributed by atoms with van der Waals surface area (Å²) in [6.45, 7) is 11.9. The Hall–Kier alpha value is 0.270. The first kappa shape index (κ1) is 15.3. The van der Waals surface area contributed by atoms with E-state index in [-0.39, 0.29) is 4.93 Å². The molecule has 0 fully saturated rings. The predicted octanol–water partition coefficient (Wildman–Crippen LogP) is 3.51. The van der Waals surface area contributed by atoms with Crippen LogP contribution in [0.25, 0.3) is 0 Å². The van der Waals surface area contributed by atoms with Crippen LogP contribution in [-0.2, 0) is 9.47 Å². The van der Waals surface area contributed by atoms with E-state index in [0.717, 1.165) is 19.4 Å². The quantitative estimate of drug-likeness (QED) is 0.512. The van der Waals surface area contributed by atoms with E-state index in [1.807, 2.05) is 20.8 Å². The Morgan fingerprint density at radius 1 is 1.20 bits per heavy atom. The van der Waals surface area contributed by atoms with E-state index < -0.39 is 0 Å². The van der Waals surface area contributed by atoms with E-state index in [9.17, 15) is 0 Å². The smallest absolute Gasteiger partial charge is 0.108 e. The lowest BCUT2D eigenvalue weighted by atomic mass is 10.2. The Bertz CT molecular complexity index is 158. The van der Waals surface area contributed by atoms with E-state index >= 15 is 0 Å². The van der Waals surface area contributed by atoms with Crippen LogP contribution in [0.1, 0.15) is 47.5 Å². The molecule has 92 valence electrons. The van der Waals surface area contributed by atoms with Gasteiger partial charge in [-0.05, 0) is 27.2 Å². The third-order valence-corrected chi connectivity index (χ3v) is 2.46. The molecule has 0 rings (SSSR count). The highest BCUT2D eigenvalue weighted by Crippen LogP contribution is 2.22. The second-order valence-corrected chi connectivity index (χ2v) is 5.67. The van der Waals surface area contributed by atoms with Crippen LogP contribution in [0.15, 0.2) is 0 Å². The third-order valence-electron chi connectivity index (χ3n) is 2.11. The van der Waals surface area contributed by atoms with Gasteiger partial charge in [0.05, 0.1) is 19.3 Å². The average Bonchev–Trinajstić information content (AvgIpc) is 2.11. The van der Waals surface area contributed by atoms with Gasteiger partial charge in [-0.15, -0.1) is 12.6 Å². The van der Waals surface area contributed by atoms with E-state index in [2.05, 4.69) is 26.5 Å². The van der Waals surface area contributed by atoms with Crippen LogP contribution >= 0.6 is 12.6 Å². The SMILES string of the molecule is CCCC(C)(S)OCC(C)COC(C)C. The molecule has 15 heavy (non-hydrogen) atoms. The van der Waals surface area contributed by atoms with Crippen molar-refractivity contribution in [2.75, 3.05) is 13.2 Å². The first-order valence-electron chi connectivity index (χ1n) is 5.85. The van der Waals surface area contributed by atoms with Gasteiger partial charge < -0.3 is 9.47 Å². The van der Waals surface area contributed by atoms with E-state index in [0.29, 0.717) is 18.6 Å². The number of thiol groups is 1. The minimum atomic E-state index is -0.291. The van der Waals surface area contributed by atoms with Gasteiger partial charge in [-0.1, -0.05) is 20.3 Å². The first-order chi connectivity index (χ1) is 6.87. The van der Waals surface area contributed by atoms with Crippen molar-refractivity contribution in [2.24, 2.45) is 5.92 Å². The molecule has 0 aromatic rings. The Labute approximate surface area is 100 Å². The monoisotopic (exact) mass is 234 g/mol. The summed E-state index contributed by atoms with van der Waals surface area (Å²) < 4.78 is 11.3. The van der Waals surface area contributed by atoms with Gasteiger partial charge in [0.25, 0.3) is 0 Å². The van der Waals surface area contributed by atoms with Crippen molar-refractivity contribution >= 4 is 12.6 Å². The molecule has 3 heteroatoms. The van der Waals surface area contributed by atoms with Crippen molar-refractivity contribution in [3.63, 3.8) is 0 Å². The van der Waals surface area contributed by atoms with E-state index in [4.69, 9.17) is 9.47 Å². The lowest BCUT2D eigenvalue weighted by Crippen LogP contribution is -2.26. The standard InChI is InChI=1S/C12H26O2S/c1-6-7-12(5,15)14-9-11(4)8-13-10(2)3/h10-11,15H,6-9H2,1-5H3. The minimum absolute atomic E-state index is 0.291. The van der Waals surface area contributed by atoms with E-state index in [1.54, 1.807) is 0 Å². The van der Waals surface area contributed by atoms with Gasteiger partial charge in [-0.2, -0.15) is 0 Å². The zero-order valence-electron chi connectivity index (χ0n) is 10.7. The molecule has 2 atom stereocenters. The summed E-state index contributed by atoms with van der Waals surface area (Å²) in [7, 11) is 0. The fourth-order valence-electron chi connectivity index (χ4n) is 1.26. The highest BCUT2D eigenvalue weighted by molar-refractivity contribution is 7.81. The third kappa shape index (κ3) is 9.21. The molecule has 0 aromatic carbocycles. The maximum atomic E-state index is 5.75. The molecule has 0 aromatic heterocycles. The molecule has 2 nitrogen and oxygen atoms in total. The Kier molecular flexibility index (Phi) is 7.66. The zero-order valence-corrected chi connectivity index (χ0v) is 11.6. The summed E-state index contributed by atoms with van der Waals surface area (Å²) in [5.41, 5.74) is 0. The molecule has 0 heterocycles. The Balaban J connectivity index is 3.65. The van der Waals surface area contributed by atoms with Gasteiger partial charge in [0.1, 0.15) is 4.93 Å². The maximum Gasteiger partial charge on any atom is 0.108 e. The highest BCUT2D eigenvalue weighted by Gasteiger charge is 2.19. The molecule has 0 spiro atoms. The number of rotatable bonds is 8. The van der Waals surface area contributed by atoms with Crippen LogP contribution < -0.4 is 0 Å². The van der Waals surface area contributed by atoms with Gasteiger partial charge in [0, 0.05) is 5.92 Å². The topological polar surface area (TPSA) is 18.5 Å². The van der Waals surface area contributed by atoms with Gasteiger partial charge >= 0.3 is 0 Å². The zero-order chi connectivity index (χ0) is 11.9. The van der Waals surface area contributed by atoms with Crippen molar-refractivity contribution in [3.8, 4) is 0 Å².